The zero-order valence-electron chi connectivity index (χ0n) is 9.26. The molecule has 1 aliphatic heterocycles. The van der Waals surface area contributed by atoms with Crippen LogP contribution in [0.25, 0.3) is 0 Å². The van der Waals surface area contributed by atoms with E-state index in [1.807, 2.05) is 6.92 Å². The van der Waals surface area contributed by atoms with Gasteiger partial charge in [0.1, 0.15) is 11.6 Å². The zero-order chi connectivity index (χ0) is 11.1. The zero-order valence-corrected chi connectivity index (χ0v) is 9.26. The first-order valence-electron chi connectivity index (χ1n) is 4.59. The summed E-state index contributed by atoms with van der Waals surface area (Å²) in [4.78, 5) is 24.2. The van der Waals surface area contributed by atoms with Crippen LogP contribution in [0.1, 0.15) is 34.1 Å². The maximum Gasteiger partial charge on any atom is 0.137 e. The minimum absolute atomic E-state index is 0.0625. The number of Topliss-reactive ketones (excluding diaryl/α,β-unsaturated/α-hetero) is 2. The van der Waals surface area contributed by atoms with E-state index in [-0.39, 0.29) is 18.0 Å². The van der Waals surface area contributed by atoms with Crippen molar-refractivity contribution in [2.75, 3.05) is 6.54 Å². The smallest absolute Gasteiger partial charge is 0.137 e. The van der Waals surface area contributed by atoms with Crippen molar-refractivity contribution in [2.24, 2.45) is 4.99 Å². The topological polar surface area (TPSA) is 46.5 Å². The number of hydrogen-bond acceptors (Lipinski definition) is 3. The number of allylic oxidation sites excluding steroid dienone is 1. The molecule has 0 aromatic heterocycles. The van der Waals surface area contributed by atoms with Crippen molar-refractivity contribution >= 4 is 17.3 Å². The summed E-state index contributed by atoms with van der Waals surface area (Å²) in [5, 5.41) is 0. The van der Waals surface area contributed by atoms with Crippen molar-refractivity contribution in [1.29, 1.82) is 0 Å². The van der Waals surface area contributed by atoms with Gasteiger partial charge in [-0.3, -0.25) is 14.6 Å². The standard InChI is InChI=1S/C6H9N.C5H8O2/c1-5-3-6(2)7-4-5;1-4(6)3-5(2)7/h3H,4H2,1-2H3;3H2,1-2H3. The average Bonchev–Trinajstić information content (AvgIpc) is 2.32. The van der Waals surface area contributed by atoms with E-state index in [9.17, 15) is 9.59 Å². The molecular weight excluding hydrogens is 178 g/mol. The number of carbonyl (C=O) groups is 2. The van der Waals surface area contributed by atoms with Crippen LogP contribution in [0.3, 0.4) is 0 Å². The van der Waals surface area contributed by atoms with Gasteiger partial charge in [-0.25, -0.2) is 0 Å². The van der Waals surface area contributed by atoms with Crippen LogP contribution in [0.5, 0.6) is 0 Å². The fraction of sp³-hybridized carbons (Fsp3) is 0.545. The molecule has 0 aromatic carbocycles. The summed E-state index contributed by atoms with van der Waals surface area (Å²) in [5.41, 5.74) is 2.54. The van der Waals surface area contributed by atoms with Crippen molar-refractivity contribution in [3.8, 4) is 0 Å². The van der Waals surface area contributed by atoms with Crippen LogP contribution < -0.4 is 0 Å². The molecule has 0 amide bonds. The molecule has 1 aliphatic rings. The van der Waals surface area contributed by atoms with Gasteiger partial charge in [0.2, 0.25) is 0 Å². The average molecular weight is 195 g/mol. The normalized spacial score (nSPS) is 13.7. The molecular formula is C11H17NO2. The van der Waals surface area contributed by atoms with Crippen LogP contribution in [0.4, 0.5) is 0 Å². The lowest BCUT2D eigenvalue weighted by molar-refractivity contribution is -0.124. The highest BCUT2D eigenvalue weighted by atomic mass is 16.1. The second kappa shape index (κ2) is 6.24. The molecule has 78 valence electrons. The van der Waals surface area contributed by atoms with E-state index < -0.39 is 0 Å². The number of hydrogen-bond donors (Lipinski definition) is 0. The Morgan fingerprint density at radius 2 is 1.79 bits per heavy atom. The van der Waals surface area contributed by atoms with Gasteiger partial charge < -0.3 is 0 Å². The van der Waals surface area contributed by atoms with E-state index >= 15 is 0 Å². The molecule has 0 saturated carbocycles. The summed E-state index contributed by atoms with van der Waals surface area (Å²) in [5.74, 6) is -0.125. The molecule has 0 saturated heterocycles. The number of aliphatic imine (C=N–C) groups is 1. The Morgan fingerprint density at radius 3 is 1.86 bits per heavy atom. The van der Waals surface area contributed by atoms with Crippen molar-refractivity contribution in [3.63, 3.8) is 0 Å². The van der Waals surface area contributed by atoms with Gasteiger partial charge in [-0.05, 0) is 33.8 Å². The minimum Gasteiger partial charge on any atom is -0.300 e. The first-order valence-corrected chi connectivity index (χ1v) is 4.59. The molecule has 14 heavy (non-hydrogen) atoms. The van der Waals surface area contributed by atoms with Crippen molar-refractivity contribution in [3.05, 3.63) is 11.6 Å². The van der Waals surface area contributed by atoms with Crippen molar-refractivity contribution in [1.82, 2.24) is 0 Å². The Bertz CT molecular complexity index is 276. The third-order valence-corrected chi connectivity index (χ3v) is 1.53. The van der Waals surface area contributed by atoms with Gasteiger partial charge in [0.15, 0.2) is 0 Å². The van der Waals surface area contributed by atoms with Gasteiger partial charge >= 0.3 is 0 Å². The van der Waals surface area contributed by atoms with Gasteiger partial charge in [-0.15, -0.1) is 0 Å². The molecule has 1 rings (SSSR count). The number of ketones is 2. The summed E-state index contributed by atoms with van der Waals surface area (Å²) in [7, 11) is 0. The Morgan fingerprint density at radius 1 is 1.29 bits per heavy atom. The van der Waals surface area contributed by atoms with Crippen LogP contribution in [0, 0.1) is 0 Å². The van der Waals surface area contributed by atoms with Crippen molar-refractivity contribution < 1.29 is 9.59 Å². The Labute approximate surface area is 84.9 Å². The monoisotopic (exact) mass is 195 g/mol. The SMILES string of the molecule is CC(=O)CC(C)=O.CC1=CC(C)=NC1. The highest BCUT2D eigenvalue weighted by molar-refractivity contribution is 5.96. The first kappa shape index (κ1) is 12.8. The highest BCUT2D eigenvalue weighted by Crippen LogP contribution is 2.01. The molecule has 0 radical (unpaired) electrons. The molecule has 0 N–H and O–H groups in total. The quantitative estimate of drug-likeness (QED) is 0.632. The Balaban J connectivity index is 0.000000241. The molecule has 3 nitrogen and oxygen atoms in total. The first-order chi connectivity index (χ1) is 6.41. The van der Waals surface area contributed by atoms with Crippen LogP contribution in [-0.4, -0.2) is 23.8 Å². The molecule has 0 bridgehead atoms. The van der Waals surface area contributed by atoms with Gasteiger partial charge in [-0.2, -0.15) is 0 Å². The van der Waals surface area contributed by atoms with E-state index in [1.165, 1.54) is 19.4 Å². The van der Waals surface area contributed by atoms with E-state index in [0.717, 1.165) is 12.3 Å². The van der Waals surface area contributed by atoms with E-state index in [0.29, 0.717) is 0 Å². The van der Waals surface area contributed by atoms with Gasteiger partial charge in [0.05, 0.1) is 13.0 Å². The van der Waals surface area contributed by atoms with Gasteiger partial charge in [0.25, 0.3) is 0 Å². The molecule has 0 aromatic rings. The lowest BCUT2D eigenvalue weighted by atomic mass is 10.2. The molecule has 0 unspecified atom stereocenters. The molecule has 0 atom stereocenters. The van der Waals surface area contributed by atoms with Gasteiger partial charge in [0, 0.05) is 5.71 Å². The third-order valence-electron chi connectivity index (χ3n) is 1.53. The Hall–Kier alpha value is -1.25. The van der Waals surface area contributed by atoms with E-state index in [1.54, 1.807) is 0 Å². The fourth-order valence-electron chi connectivity index (χ4n) is 1.05. The summed E-state index contributed by atoms with van der Waals surface area (Å²) in [6, 6.07) is 0. The second-order valence-corrected chi connectivity index (χ2v) is 3.53. The van der Waals surface area contributed by atoms with Crippen molar-refractivity contribution in [2.45, 2.75) is 34.1 Å². The molecule has 0 fully saturated rings. The number of carbonyl (C=O) groups excluding carboxylic acids is 2. The molecule has 0 aliphatic carbocycles. The van der Waals surface area contributed by atoms with Crippen LogP contribution in [0.2, 0.25) is 0 Å². The summed E-state index contributed by atoms with van der Waals surface area (Å²) >= 11 is 0. The maximum absolute atomic E-state index is 10.0. The summed E-state index contributed by atoms with van der Waals surface area (Å²) < 4.78 is 0. The molecule has 3 heteroatoms. The number of nitrogens with zero attached hydrogens (tertiary/aromatic N) is 1. The predicted octanol–water partition coefficient (Wildman–Crippen LogP) is 1.96. The van der Waals surface area contributed by atoms with Crippen LogP contribution >= 0.6 is 0 Å². The lowest BCUT2D eigenvalue weighted by Gasteiger charge is -1.81. The van der Waals surface area contributed by atoms with E-state index in [4.69, 9.17) is 0 Å². The molecule has 1 heterocycles. The second-order valence-electron chi connectivity index (χ2n) is 3.53. The summed E-state index contributed by atoms with van der Waals surface area (Å²) in [6.45, 7) is 7.85. The highest BCUT2D eigenvalue weighted by Gasteiger charge is 1.95. The number of rotatable bonds is 2. The summed E-state index contributed by atoms with van der Waals surface area (Å²) in [6.07, 6.45) is 2.19. The van der Waals surface area contributed by atoms with Crippen LogP contribution in [-0.2, 0) is 9.59 Å². The maximum atomic E-state index is 10.0. The third kappa shape index (κ3) is 7.40. The van der Waals surface area contributed by atoms with E-state index in [2.05, 4.69) is 18.0 Å². The lowest BCUT2D eigenvalue weighted by Crippen LogP contribution is -1.97. The van der Waals surface area contributed by atoms with Gasteiger partial charge in [-0.1, -0.05) is 5.57 Å². The molecule has 0 spiro atoms. The largest absolute Gasteiger partial charge is 0.300 e. The predicted molar refractivity (Wildman–Crippen MR) is 57.7 cm³/mol. The Kier molecular flexibility index (Phi) is 5.68. The fourth-order valence-corrected chi connectivity index (χ4v) is 1.05. The minimum atomic E-state index is -0.0625. The van der Waals surface area contributed by atoms with Crippen LogP contribution in [0.15, 0.2) is 16.6 Å².